The van der Waals surface area contributed by atoms with Crippen LogP contribution in [0, 0.1) is 18.8 Å². The summed E-state index contributed by atoms with van der Waals surface area (Å²) in [5.41, 5.74) is 2.28. The van der Waals surface area contributed by atoms with Crippen LogP contribution in [0.5, 0.6) is 0 Å². The van der Waals surface area contributed by atoms with Gasteiger partial charge >= 0.3 is 5.97 Å². The molecule has 0 atom stereocenters. The van der Waals surface area contributed by atoms with E-state index in [1.807, 2.05) is 30.3 Å². The fraction of sp³-hybridized carbons (Fsp3) is 0.111. The molecule has 0 unspecified atom stereocenters. The number of halogens is 1. The standard InChI is InChI=1S/C16H11FN.C2H4O2.Ir/c1-11-10-13(6-7-15(11)17)16-14-5-3-2-4-12(14)8-9-18-16;1-2(3)4;/h2-5,7-10H,1H3;1H3,(H,3,4);/q-1;;/p+1. The SMILES string of the molecule is CC(O)=[OH+].Cc1cc(-c2nccc3ccccc23)[c-]cc1F.[Ir]. The summed E-state index contributed by atoms with van der Waals surface area (Å²) in [5, 5.41) is 9.71. The second-order valence-corrected chi connectivity index (χ2v) is 4.81. The van der Waals surface area contributed by atoms with Crippen molar-refractivity contribution < 1.29 is 34.4 Å². The molecule has 0 aliphatic rings. The Kier molecular flexibility index (Phi) is 7.01. The van der Waals surface area contributed by atoms with Crippen LogP contribution in [0.2, 0.25) is 0 Å². The molecule has 0 fully saturated rings. The smallest absolute Gasteiger partial charge is 0.339 e. The first-order valence-corrected chi connectivity index (χ1v) is 6.72. The van der Waals surface area contributed by atoms with Crippen LogP contribution in [0.15, 0.2) is 48.7 Å². The van der Waals surface area contributed by atoms with Crippen LogP contribution in [0.1, 0.15) is 12.5 Å². The van der Waals surface area contributed by atoms with Crippen LogP contribution in [-0.2, 0) is 20.1 Å². The molecule has 0 amide bonds. The molecule has 121 valence electrons. The molecule has 0 aliphatic heterocycles. The summed E-state index contributed by atoms with van der Waals surface area (Å²) in [6.45, 7) is 2.94. The first kappa shape index (κ1) is 18.9. The van der Waals surface area contributed by atoms with Gasteiger partial charge in [0.15, 0.2) is 0 Å². The molecule has 0 spiro atoms. The van der Waals surface area contributed by atoms with Crippen LogP contribution >= 0.6 is 0 Å². The average Bonchev–Trinajstić information content (AvgIpc) is 2.49. The quantitative estimate of drug-likeness (QED) is 0.411. The van der Waals surface area contributed by atoms with Crippen molar-refractivity contribution in [1.29, 1.82) is 0 Å². The predicted octanol–water partition coefficient (Wildman–Crippen LogP) is 4.21. The number of aryl methyl sites for hydroxylation is 1. The van der Waals surface area contributed by atoms with Gasteiger partial charge < -0.3 is 14.9 Å². The zero-order valence-electron chi connectivity index (χ0n) is 12.7. The average molecular weight is 490 g/mol. The molecule has 0 saturated carbocycles. The fourth-order valence-electron chi connectivity index (χ4n) is 2.05. The van der Waals surface area contributed by atoms with Crippen molar-refractivity contribution in [1.82, 2.24) is 4.98 Å². The van der Waals surface area contributed by atoms with Gasteiger partial charge in [0.25, 0.3) is 0 Å². The Balaban J connectivity index is 0.000000478. The number of rotatable bonds is 1. The molecule has 0 aliphatic carbocycles. The van der Waals surface area contributed by atoms with E-state index in [1.165, 1.54) is 13.0 Å². The van der Waals surface area contributed by atoms with Gasteiger partial charge in [0.2, 0.25) is 0 Å². The van der Waals surface area contributed by atoms with E-state index in [0.717, 1.165) is 22.0 Å². The van der Waals surface area contributed by atoms with Gasteiger partial charge in [-0.2, -0.15) is 0 Å². The number of fused-ring (bicyclic) bond motifs is 1. The second kappa shape index (κ2) is 8.51. The van der Waals surface area contributed by atoms with E-state index in [4.69, 9.17) is 9.90 Å². The molecule has 1 aromatic heterocycles. The van der Waals surface area contributed by atoms with Gasteiger partial charge in [0.05, 0.1) is 6.92 Å². The summed E-state index contributed by atoms with van der Waals surface area (Å²) >= 11 is 0. The van der Waals surface area contributed by atoms with E-state index in [2.05, 4.69) is 11.1 Å². The van der Waals surface area contributed by atoms with Crippen LogP contribution in [-0.4, -0.2) is 20.9 Å². The van der Waals surface area contributed by atoms with E-state index in [0.29, 0.717) is 5.56 Å². The summed E-state index contributed by atoms with van der Waals surface area (Å²) in [6, 6.07) is 16.1. The molecule has 0 saturated heterocycles. The van der Waals surface area contributed by atoms with E-state index < -0.39 is 5.97 Å². The van der Waals surface area contributed by atoms with Crippen molar-refractivity contribution in [3.8, 4) is 11.3 Å². The summed E-state index contributed by atoms with van der Waals surface area (Å²) < 4.78 is 13.3. The van der Waals surface area contributed by atoms with E-state index in [-0.39, 0.29) is 25.9 Å². The number of nitrogens with zero attached hydrogens (tertiary/aromatic N) is 1. The Morgan fingerprint density at radius 2 is 1.91 bits per heavy atom. The third-order valence-corrected chi connectivity index (χ3v) is 3.02. The Labute approximate surface area is 147 Å². The Morgan fingerprint density at radius 1 is 1.26 bits per heavy atom. The minimum Gasteiger partial charge on any atom is -0.339 e. The van der Waals surface area contributed by atoms with Gasteiger partial charge in [0.1, 0.15) is 0 Å². The Hall–Kier alpha value is -2.10. The molecule has 3 aromatic rings. The van der Waals surface area contributed by atoms with Crippen LogP contribution in [0.4, 0.5) is 4.39 Å². The molecule has 3 nitrogen and oxygen atoms in total. The normalized spacial score (nSPS) is 9.52. The van der Waals surface area contributed by atoms with Gasteiger partial charge in [-0.25, -0.2) is 0 Å². The molecule has 23 heavy (non-hydrogen) atoms. The maximum Gasteiger partial charge on any atom is 0.477 e. The number of carboxylic acids is 1. The first-order chi connectivity index (χ1) is 10.5. The van der Waals surface area contributed by atoms with Gasteiger partial charge in [-0.1, -0.05) is 36.8 Å². The largest absolute Gasteiger partial charge is 0.477 e. The van der Waals surface area contributed by atoms with Crippen LogP contribution in [0.25, 0.3) is 22.0 Å². The first-order valence-electron chi connectivity index (χ1n) is 6.72. The van der Waals surface area contributed by atoms with Gasteiger partial charge in [-0.05, 0) is 22.5 Å². The van der Waals surface area contributed by atoms with Crippen LogP contribution in [0.3, 0.4) is 0 Å². The van der Waals surface area contributed by atoms with E-state index in [1.54, 1.807) is 19.2 Å². The van der Waals surface area contributed by atoms with Crippen molar-refractivity contribution in [3.05, 3.63) is 66.1 Å². The molecular weight excluding hydrogens is 473 g/mol. The number of pyridine rings is 1. The van der Waals surface area contributed by atoms with E-state index >= 15 is 0 Å². The van der Waals surface area contributed by atoms with E-state index in [9.17, 15) is 4.39 Å². The van der Waals surface area contributed by atoms with Crippen molar-refractivity contribution in [2.75, 3.05) is 0 Å². The maximum absolute atomic E-state index is 13.3. The Bertz CT molecular complexity index is 812. The summed E-state index contributed by atoms with van der Waals surface area (Å²) in [6.07, 6.45) is 1.77. The van der Waals surface area contributed by atoms with Crippen LogP contribution < -0.4 is 0 Å². The molecule has 2 N–H and O–H groups in total. The molecule has 1 radical (unpaired) electrons. The minimum absolute atomic E-state index is 0. The number of carboxylic acid groups (broad SMARTS) is 1. The molecule has 2 aromatic carbocycles. The topological polar surface area (TPSA) is 54.5 Å². The second-order valence-electron chi connectivity index (χ2n) is 4.81. The fourth-order valence-corrected chi connectivity index (χ4v) is 2.05. The summed E-state index contributed by atoms with van der Waals surface area (Å²) in [4.78, 5) is 11.9. The molecule has 0 bridgehead atoms. The zero-order valence-corrected chi connectivity index (χ0v) is 15.1. The third-order valence-electron chi connectivity index (χ3n) is 3.02. The van der Waals surface area contributed by atoms with Crippen molar-refractivity contribution in [3.63, 3.8) is 0 Å². The summed E-state index contributed by atoms with van der Waals surface area (Å²) in [7, 11) is 0. The predicted molar refractivity (Wildman–Crippen MR) is 86.0 cm³/mol. The summed E-state index contributed by atoms with van der Waals surface area (Å²) in [5.74, 6) is -0.820. The Morgan fingerprint density at radius 3 is 2.57 bits per heavy atom. The van der Waals surface area contributed by atoms with Gasteiger partial charge in [0, 0.05) is 32.1 Å². The molecule has 1 heterocycles. The number of hydrogen-bond acceptors (Lipinski definition) is 1. The monoisotopic (exact) mass is 490 g/mol. The number of aliphatic carboxylic acids is 1. The van der Waals surface area contributed by atoms with Crippen molar-refractivity contribution in [2.45, 2.75) is 13.8 Å². The number of aliphatic hydroxyl groups excluding tert-OH is 1. The van der Waals surface area contributed by atoms with Crippen molar-refractivity contribution in [2.24, 2.45) is 0 Å². The number of hydrogen-bond donors (Lipinski definition) is 1. The van der Waals surface area contributed by atoms with Gasteiger partial charge in [-0.15, -0.1) is 23.8 Å². The minimum atomic E-state index is -0.583. The molecule has 3 rings (SSSR count). The zero-order chi connectivity index (χ0) is 16.1. The van der Waals surface area contributed by atoms with Crippen molar-refractivity contribution >= 4 is 16.7 Å². The molecule has 5 heteroatoms. The molecular formula is C18H16FIrNO2. The number of benzene rings is 2. The maximum atomic E-state index is 13.3. The van der Waals surface area contributed by atoms with Gasteiger partial charge in [-0.3, -0.25) is 4.39 Å². The third kappa shape index (κ3) is 4.95. The number of aromatic nitrogens is 1.